The van der Waals surface area contributed by atoms with E-state index >= 15 is 0 Å². The lowest BCUT2D eigenvalue weighted by molar-refractivity contribution is -0.0231. The second-order valence-corrected chi connectivity index (χ2v) is 5.72. The summed E-state index contributed by atoms with van der Waals surface area (Å²) in [7, 11) is 0. The third-order valence-corrected chi connectivity index (χ3v) is 3.42. The summed E-state index contributed by atoms with van der Waals surface area (Å²) in [5.41, 5.74) is 2.74. The summed E-state index contributed by atoms with van der Waals surface area (Å²) < 4.78 is 32.7. The fourth-order valence-electron chi connectivity index (χ4n) is 2.36. The van der Waals surface area contributed by atoms with Gasteiger partial charge in [0.2, 0.25) is 0 Å². The lowest BCUT2D eigenvalue weighted by Gasteiger charge is -2.14. The van der Waals surface area contributed by atoms with E-state index in [9.17, 15) is 8.78 Å². The van der Waals surface area contributed by atoms with Gasteiger partial charge in [0.1, 0.15) is 5.75 Å². The van der Waals surface area contributed by atoms with Crippen LogP contribution in [0.2, 0.25) is 0 Å². The summed E-state index contributed by atoms with van der Waals surface area (Å²) in [5, 5.41) is 5.46. The van der Waals surface area contributed by atoms with Crippen LogP contribution in [0.5, 0.6) is 5.75 Å². The molecule has 2 aromatic heterocycles. The molecule has 0 amide bonds. The van der Waals surface area contributed by atoms with E-state index < -0.39 is 12.5 Å². The average Bonchev–Trinajstić information content (AvgIpc) is 2.87. The fourth-order valence-corrected chi connectivity index (χ4v) is 2.36. The number of alkyl halides is 2. The van der Waals surface area contributed by atoms with E-state index in [-0.39, 0.29) is 0 Å². The summed E-state index contributed by atoms with van der Waals surface area (Å²) in [6, 6.07) is 7.37. The highest BCUT2D eigenvalue weighted by molar-refractivity contribution is 5.76. The number of halogens is 2. The van der Waals surface area contributed by atoms with Crippen LogP contribution in [0.1, 0.15) is 18.1 Å². The van der Waals surface area contributed by atoms with E-state index in [1.54, 1.807) is 18.5 Å². The van der Waals surface area contributed by atoms with Crippen molar-refractivity contribution in [2.45, 2.75) is 26.3 Å². The Morgan fingerprint density at radius 1 is 1.26 bits per heavy atom. The van der Waals surface area contributed by atoms with Crippen LogP contribution in [0.25, 0.3) is 10.9 Å². The van der Waals surface area contributed by atoms with Crippen molar-refractivity contribution in [3.05, 3.63) is 54.0 Å². The fraction of sp³-hybridized carbons (Fsp3) is 0.294. The van der Waals surface area contributed by atoms with Crippen molar-refractivity contribution < 1.29 is 13.5 Å². The molecule has 23 heavy (non-hydrogen) atoms. The van der Waals surface area contributed by atoms with E-state index in [1.807, 2.05) is 36.0 Å². The predicted octanol–water partition coefficient (Wildman–Crippen LogP) is 3.82. The lowest BCUT2D eigenvalue weighted by Crippen LogP contribution is -2.21. The van der Waals surface area contributed by atoms with E-state index in [2.05, 4.69) is 10.1 Å². The SMILES string of the molecule is Cc1cc(Cn2cc3cnccc3n2)ccc1OCC(C)(F)F. The van der Waals surface area contributed by atoms with Crippen molar-refractivity contribution in [3.8, 4) is 5.75 Å². The summed E-state index contributed by atoms with van der Waals surface area (Å²) in [6.45, 7) is 2.66. The Balaban J connectivity index is 1.74. The maximum absolute atomic E-state index is 12.9. The molecule has 0 atom stereocenters. The molecule has 6 heteroatoms. The van der Waals surface area contributed by atoms with Gasteiger partial charge in [0.15, 0.2) is 6.61 Å². The first-order chi connectivity index (χ1) is 10.9. The van der Waals surface area contributed by atoms with Gasteiger partial charge in [-0.2, -0.15) is 5.10 Å². The summed E-state index contributed by atoms with van der Waals surface area (Å²) >= 11 is 0. The molecule has 0 saturated heterocycles. The molecular formula is C17H17F2N3O. The van der Waals surface area contributed by atoms with Gasteiger partial charge >= 0.3 is 0 Å². The second kappa shape index (κ2) is 5.95. The van der Waals surface area contributed by atoms with Crippen LogP contribution in [-0.4, -0.2) is 27.3 Å². The molecule has 120 valence electrons. The van der Waals surface area contributed by atoms with E-state index in [1.165, 1.54) is 0 Å². The van der Waals surface area contributed by atoms with Gasteiger partial charge in [-0.05, 0) is 30.2 Å². The molecule has 0 bridgehead atoms. The molecule has 3 aromatic rings. The van der Waals surface area contributed by atoms with Crippen LogP contribution in [0.3, 0.4) is 0 Å². The maximum Gasteiger partial charge on any atom is 0.278 e. The van der Waals surface area contributed by atoms with Gasteiger partial charge in [-0.15, -0.1) is 0 Å². The molecule has 0 saturated carbocycles. The minimum Gasteiger partial charge on any atom is -0.487 e. The van der Waals surface area contributed by atoms with Crippen molar-refractivity contribution in [2.24, 2.45) is 0 Å². The zero-order chi connectivity index (χ0) is 16.4. The Bertz CT molecular complexity index is 791. The Morgan fingerprint density at radius 3 is 2.78 bits per heavy atom. The molecule has 0 N–H and O–H groups in total. The molecule has 4 nitrogen and oxygen atoms in total. The number of aromatic nitrogens is 3. The minimum absolute atomic E-state index is 0.477. The monoisotopic (exact) mass is 317 g/mol. The van der Waals surface area contributed by atoms with Gasteiger partial charge < -0.3 is 4.74 Å². The highest BCUT2D eigenvalue weighted by atomic mass is 19.3. The molecule has 0 aliphatic carbocycles. The van der Waals surface area contributed by atoms with E-state index in [0.717, 1.165) is 29.0 Å². The Hall–Kier alpha value is -2.50. The number of nitrogens with zero attached hydrogens (tertiary/aromatic N) is 3. The lowest BCUT2D eigenvalue weighted by atomic mass is 10.1. The number of aryl methyl sites for hydroxylation is 1. The van der Waals surface area contributed by atoms with Crippen LogP contribution in [0.15, 0.2) is 42.9 Å². The third-order valence-electron chi connectivity index (χ3n) is 3.42. The number of pyridine rings is 1. The number of fused-ring (bicyclic) bond motifs is 1. The zero-order valence-electron chi connectivity index (χ0n) is 13.0. The first kappa shape index (κ1) is 15.4. The van der Waals surface area contributed by atoms with Crippen LogP contribution < -0.4 is 4.74 Å². The first-order valence-electron chi connectivity index (χ1n) is 7.28. The van der Waals surface area contributed by atoms with Gasteiger partial charge in [-0.1, -0.05) is 12.1 Å². The molecule has 3 rings (SSSR count). The van der Waals surface area contributed by atoms with E-state index in [4.69, 9.17) is 4.74 Å². The van der Waals surface area contributed by atoms with Crippen molar-refractivity contribution in [3.63, 3.8) is 0 Å². The number of rotatable bonds is 5. The Morgan fingerprint density at radius 2 is 2.09 bits per heavy atom. The van der Waals surface area contributed by atoms with Crippen molar-refractivity contribution in [1.29, 1.82) is 0 Å². The minimum atomic E-state index is -2.84. The van der Waals surface area contributed by atoms with Crippen LogP contribution in [-0.2, 0) is 6.54 Å². The summed E-state index contributed by atoms with van der Waals surface area (Å²) in [6.07, 6.45) is 5.41. The molecule has 0 aliphatic rings. The topological polar surface area (TPSA) is 39.9 Å². The standard InChI is InChI=1S/C17H17F2N3O/c1-12-7-13(3-4-16(12)23-11-17(2,18)19)9-22-10-14-8-20-6-5-15(14)21-22/h3-8,10H,9,11H2,1-2H3. The smallest absolute Gasteiger partial charge is 0.278 e. The zero-order valence-corrected chi connectivity index (χ0v) is 13.0. The quantitative estimate of drug-likeness (QED) is 0.718. The molecule has 0 fully saturated rings. The molecule has 1 aromatic carbocycles. The van der Waals surface area contributed by atoms with Crippen LogP contribution in [0, 0.1) is 6.92 Å². The van der Waals surface area contributed by atoms with Gasteiger partial charge in [-0.3, -0.25) is 9.67 Å². The van der Waals surface area contributed by atoms with Crippen molar-refractivity contribution in [2.75, 3.05) is 6.61 Å². The highest BCUT2D eigenvalue weighted by Crippen LogP contribution is 2.22. The maximum atomic E-state index is 12.9. The van der Waals surface area contributed by atoms with Gasteiger partial charge in [0, 0.05) is 30.9 Å². The molecule has 0 spiro atoms. The van der Waals surface area contributed by atoms with Gasteiger partial charge in [0.25, 0.3) is 5.92 Å². The van der Waals surface area contributed by atoms with Crippen LogP contribution >= 0.6 is 0 Å². The molecular weight excluding hydrogens is 300 g/mol. The molecule has 0 unspecified atom stereocenters. The predicted molar refractivity (Wildman–Crippen MR) is 83.9 cm³/mol. The summed E-state index contributed by atoms with van der Waals surface area (Å²) in [5.74, 6) is -2.36. The van der Waals surface area contributed by atoms with Crippen LogP contribution in [0.4, 0.5) is 8.78 Å². The third kappa shape index (κ3) is 3.83. The number of benzene rings is 1. The molecule has 0 radical (unpaired) electrons. The van der Waals surface area contributed by atoms with Crippen molar-refractivity contribution >= 4 is 10.9 Å². The first-order valence-corrected chi connectivity index (χ1v) is 7.28. The van der Waals surface area contributed by atoms with Gasteiger partial charge in [0.05, 0.1) is 12.1 Å². The average molecular weight is 317 g/mol. The highest BCUT2D eigenvalue weighted by Gasteiger charge is 2.22. The number of hydrogen-bond donors (Lipinski definition) is 0. The Labute approximate surface area is 132 Å². The normalized spacial score (nSPS) is 11.8. The van der Waals surface area contributed by atoms with Crippen molar-refractivity contribution in [1.82, 2.24) is 14.8 Å². The van der Waals surface area contributed by atoms with E-state index in [0.29, 0.717) is 12.3 Å². The number of hydrogen-bond acceptors (Lipinski definition) is 3. The second-order valence-electron chi connectivity index (χ2n) is 5.72. The Kier molecular flexibility index (Phi) is 3.98. The molecule has 0 aliphatic heterocycles. The molecule has 2 heterocycles. The van der Waals surface area contributed by atoms with Gasteiger partial charge in [-0.25, -0.2) is 8.78 Å². The summed E-state index contributed by atoms with van der Waals surface area (Å²) in [4.78, 5) is 4.07. The number of ether oxygens (including phenoxy) is 1. The largest absolute Gasteiger partial charge is 0.487 e.